The lowest BCUT2D eigenvalue weighted by Crippen LogP contribution is -2.29. The summed E-state index contributed by atoms with van der Waals surface area (Å²) in [5.41, 5.74) is -0.438. The van der Waals surface area contributed by atoms with E-state index in [2.05, 4.69) is 0 Å². The third-order valence-corrected chi connectivity index (χ3v) is 1.58. The number of rotatable bonds is 4. The van der Waals surface area contributed by atoms with E-state index in [0.717, 1.165) is 0 Å². The maximum atomic E-state index is 11.4. The predicted molar refractivity (Wildman–Crippen MR) is 56.1 cm³/mol. The molecule has 0 N–H and O–H groups in total. The van der Waals surface area contributed by atoms with Crippen LogP contribution >= 0.6 is 0 Å². The van der Waals surface area contributed by atoms with E-state index < -0.39 is 5.41 Å². The SMILES string of the molecule is CC(C)OCC(C)OC(=O)C(C)(C)C. The van der Waals surface area contributed by atoms with Crippen LogP contribution in [0, 0.1) is 5.41 Å². The van der Waals surface area contributed by atoms with E-state index in [4.69, 9.17) is 9.47 Å². The average Bonchev–Trinajstić information content (AvgIpc) is 1.99. The van der Waals surface area contributed by atoms with Crippen molar-refractivity contribution in [2.45, 2.75) is 53.8 Å². The third kappa shape index (κ3) is 5.97. The fraction of sp³-hybridized carbons (Fsp3) is 0.909. The van der Waals surface area contributed by atoms with Gasteiger partial charge in [-0.05, 0) is 41.5 Å². The highest BCUT2D eigenvalue weighted by Gasteiger charge is 2.24. The van der Waals surface area contributed by atoms with Crippen molar-refractivity contribution >= 4 is 5.97 Å². The standard InChI is InChI=1S/C11H22O3/c1-8(2)13-7-9(3)14-10(12)11(4,5)6/h8-9H,7H2,1-6H3. The Bertz CT molecular complexity index is 179. The number of carbonyl (C=O) groups excluding carboxylic acids is 1. The molecule has 0 amide bonds. The Hall–Kier alpha value is -0.570. The zero-order valence-corrected chi connectivity index (χ0v) is 10.1. The molecular formula is C11H22O3. The van der Waals surface area contributed by atoms with E-state index in [1.165, 1.54) is 0 Å². The van der Waals surface area contributed by atoms with Gasteiger partial charge in [-0.15, -0.1) is 0 Å². The van der Waals surface area contributed by atoms with Crippen molar-refractivity contribution in [2.24, 2.45) is 5.41 Å². The van der Waals surface area contributed by atoms with Crippen molar-refractivity contribution < 1.29 is 14.3 Å². The average molecular weight is 202 g/mol. The fourth-order valence-corrected chi connectivity index (χ4v) is 0.721. The van der Waals surface area contributed by atoms with Gasteiger partial charge in [0.1, 0.15) is 6.10 Å². The fourth-order valence-electron chi connectivity index (χ4n) is 0.721. The minimum Gasteiger partial charge on any atom is -0.460 e. The molecule has 0 aromatic heterocycles. The zero-order chi connectivity index (χ0) is 11.4. The predicted octanol–water partition coefficient (Wildman–Crippen LogP) is 2.39. The molecule has 1 unspecified atom stereocenters. The summed E-state index contributed by atoms with van der Waals surface area (Å²) in [5.74, 6) is -0.183. The highest BCUT2D eigenvalue weighted by molar-refractivity contribution is 5.75. The normalized spacial score (nSPS) is 14.2. The largest absolute Gasteiger partial charge is 0.460 e. The number of esters is 1. The van der Waals surface area contributed by atoms with Crippen LogP contribution in [0.25, 0.3) is 0 Å². The van der Waals surface area contributed by atoms with E-state index in [1.54, 1.807) is 0 Å². The number of ether oxygens (including phenoxy) is 2. The maximum absolute atomic E-state index is 11.4. The van der Waals surface area contributed by atoms with Crippen LogP contribution in [-0.2, 0) is 14.3 Å². The Morgan fingerprint density at radius 1 is 1.21 bits per heavy atom. The monoisotopic (exact) mass is 202 g/mol. The van der Waals surface area contributed by atoms with Crippen LogP contribution in [0.15, 0.2) is 0 Å². The molecule has 3 nitrogen and oxygen atoms in total. The summed E-state index contributed by atoms with van der Waals surface area (Å²) < 4.78 is 10.5. The molecule has 0 radical (unpaired) electrons. The second-order valence-corrected chi connectivity index (χ2v) is 4.85. The van der Waals surface area contributed by atoms with Crippen molar-refractivity contribution in [1.29, 1.82) is 0 Å². The maximum Gasteiger partial charge on any atom is 0.311 e. The Morgan fingerprint density at radius 3 is 2.07 bits per heavy atom. The first-order chi connectivity index (χ1) is 6.23. The number of hydrogen-bond donors (Lipinski definition) is 0. The summed E-state index contributed by atoms with van der Waals surface area (Å²) in [5, 5.41) is 0. The van der Waals surface area contributed by atoms with Crippen molar-refractivity contribution in [2.75, 3.05) is 6.61 Å². The summed E-state index contributed by atoms with van der Waals surface area (Å²) in [7, 11) is 0. The molecule has 0 spiro atoms. The summed E-state index contributed by atoms with van der Waals surface area (Å²) in [6.45, 7) is 11.7. The van der Waals surface area contributed by atoms with Gasteiger partial charge in [0.25, 0.3) is 0 Å². The molecule has 0 aliphatic carbocycles. The third-order valence-electron chi connectivity index (χ3n) is 1.58. The second-order valence-electron chi connectivity index (χ2n) is 4.85. The van der Waals surface area contributed by atoms with Gasteiger partial charge in [-0.1, -0.05) is 0 Å². The van der Waals surface area contributed by atoms with Crippen LogP contribution in [0.3, 0.4) is 0 Å². The first-order valence-corrected chi connectivity index (χ1v) is 5.06. The van der Waals surface area contributed by atoms with Crippen molar-refractivity contribution in [3.8, 4) is 0 Å². The molecule has 0 aromatic rings. The van der Waals surface area contributed by atoms with Gasteiger partial charge in [-0.2, -0.15) is 0 Å². The van der Waals surface area contributed by atoms with E-state index in [0.29, 0.717) is 6.61 Å². The van der Waals surface area contributed by atoms with Gasteiger partial charge < -0.3 is 9.47 Å². The van der Waals surface area contributed by atoms with Crippen molar-refractivity contribution in [1.82, 2.24) is 0 Å². The summed E-state index contributed by atoms with van der Waals surface area (Å²) in [4.78, 5) is 11.4. The van der Waals surface area contributed by atoms with Crippen molar-refractivity contribution in [3.63, 3.8) is 0 Å². The smallest absolute Gasteiger partial charge is 0.311 e. The molecule has 0 aliphatic heterocycles. The van der Waals surface area contributed by atoms with Crippen LogP contribution < -0.4 is 0 Å². The van der Waals surface area contributed by atoms with Gasteiger partial charge in [-0.25, -0.2) is 0 Å². The van der Waals surface area contributed by atoms with Gasteiger partial charge in [0.05, 0.1) is 18.1 Å². The zero-order valence-electron chi connectivity index (χ0n) is 10.1. The molecule has 14 heavy (non-hydrogen) atoms. The highest BCUT2D eigenvalue weighted by atomic mass is 16.6. The molecule has 0 saturated heterocycles. The van der Waals surface area contributed by atoms with Gasteiger partial charge in [-0.3, -0.25) is 4.79 Å². The molecule has 3 heteroatoms. The van der Waals surface area contributed by atoms with Crippen LogP contribution in [-0.4, -0.2) is 24.8 Å². The molecule has 0 bridgehead atoms. The van der Waals surface area contributed by atoms with Crippen LogP contribution in [0.1, 0.15) is 41.5 Å². The van der Waals surface area contributed by atoms with Gasteiger partial charge >= 0.3 is 5.97 Å². The molecule has 0 heterocycles. The molecule has 1 atom stereocenters. The quantitative estimate of drug-likeness (QED) is 0.657. The lowest BCUT2D eigenvalue weighted by molar-refractivity contribution is -0.161. The van der Waals surface area contributed by atoms with Gasteiger partial charge in [0.2, 0.25) is 0 Å². The molecule has 0 fully saturated rings. The molecule has 0 aliphatic rings. The van der Waals surface area contributed by atoms with Crippen LogP contribution in [0.4, 0.5) is 0 Å². The van der Waals surface area contributed by atoms with E-state index in [-0.39, 0.29) is 18.2 Å². The lowest BCUT2D eigenvalue weighted by atomic mass is 9.97. The van der Waals surface area contributed by atoms with Crippen LogP contribution in [0.2, 0.25) is 0 Å². The van der Waals surface area contributed by atoms with Crippen molar-refractivity contribution in [3.05, 3.63) is 0 Å². The Labute approximate surface area is 86.8 Å². The molecule has 0 saturated carbocycles. The first-order valence-electron chi connectivity index (χ1n) is 5.06. The number of carbonyl (C=O) groups is 1. The Balaban J connectivity index is 3.83. The Morgan fingerprint density at radius 2 is 1.71 bits per heavy atom. The van der Waals surface area contributed by atoms with E-state index in [9.17, 15) is 4.79 Å². The van der Waals surface area contributed by atoms with Crippen LogP contribution in [0.5, 0.6) is 0 Å². The molecule has 0 rings (SSSR count). The number of hydrogen-bond acceptors (Lipinski definition) is 3. The minimum atomic E-state index is -0.438. The summed E-state index contributed by atoms with van der Waals surface area (Å²) in [6, 6.07) is 0. The molecule has 0 aromatic carbocycles. The van der Waals surface area contributed by atoms with E-state index in [1.807, 2.05) is 41.5 Å². The lowest BCUT2D eigenvalue weighted by Gasteiger charge is -2.21. The van der Waals surface area contributed by atoms with Gasteiger partial charge in [0.15, 0.2) is 0 Å². The van der Waals surface area contributed by atoms with Gasteiger partial charge in [0, 0.05) is 0 Å². The first kappa shape index (κ1) is 13.4. The van der Waals surface area contributed by atoms with E-state index >= 15 is 0 Å². The molecular weight excluding hydrogens is 180 g/mol. The Kier molecular flexibility index (Phi) is 5.13. The summed E-state index contributed by atoms with van der Waals surface area (Å²) >= 11 is 0. The summed E-state index contributed by atoms with van der Waals surface area (Å²) in [6.07, 6.45) is -0.00471. The molecule has 84 valence electrons. The highest BCUT2D eigenvalue weighted by Crippen LogP contribution is 2.16. The second kappa shape index (κ2) is 5.35. The topological polar surface area (TPSA) is 35.5 Å². The minimum absolute atomic E-state index is 0.172.